The molecule has 0 saturated carbocycles. The van der Waals surface area contributed by atoms with Crippen molar-refractivity contribution in [1.82, 2.24) is 9.97 Å². The van der Waals surface area contributed by atoms with Gasteiger partial charge in [-0.3, -0.25) is 0 Å². The first-order valence-electron chi connectivity index (χ1n) is 6.03. The van der Waals surface area contributed by atoms with Crippen LogP contribution in [0.1, 0.15) is 12.5 Å². The lowest BCUT2D eigenvalue weighted by Gasteiger charge is -2.10. The first-order valence-corrected chi connectivity index (χ1v) is 6.03. The number of methoxy groups -OCH3 is 1. The molecule has 2 N–H and O–H groups in total. The maximum Gasteiger partial charge on any atom is 0.161 e. The van der Waals surface area contributed by atoms with E-state index in [4.69, 9.17) is 20.5 Å². The molecule has 0 aliphatic rings. The van der Waals surface area contributed by atoms with Gasteiger partial charge in [-0.2, -0.15) is 5.26 Å². The van der Waals surface area contributed by atoms with Crippen LogP contribution < -0.4 is 15.2 Å². The third-order valence-corrected chi connectivity index (χ3v) is 2.66. The van der Waals surface area contributed by atoms with Gasteiger partial charge in [0.2, 0.25) is 0 Å². The molecule has 0 aliphatic heterocycles. The SMILES string of the molecule is CCOc1cc(-c2ncc(C#N)c(N)n2)ccc1OC. The molecule has 0 spiro atoms. The van der Waals surface area contributed by atoms with E-state index < -0.39 is 0 Å². The van der Waals surface area contributed by atoms with Crippen LogP contribution in [0.5, 0.6) is 11.5 Å². The Morgan fingerprint density at radius 1 is 1.35 bits per heavy atom. The number of nitriles is 1. The zero-order chi connectivity index (χ0) is 14.5. The summed E-state index contributed by atoms with van der Waals surface area (Å²) in [6, 6.07) is 7.29. The molecule has 0 bridgehead atoms. The molecule has 1 heterocycles. The minimum atomic E-state index is 0.159. The summed E-state index contributed by atoms with van der Waals surface area (Å²) in [5.74, 6) is 1.84. The molecule has 6 heteroatoms. The Kier molecular flexibility index (Phi) is 4.01. The summed E-state index contributed by atoms with van der Waals surface area (Å²) in [5, 5.41) is 8.82. The van der Waals surface area contributed by atoms with Crippen molar-refractivity contribution in [2.45, 2.75) is 6.92 Å². The van der Waals surface area contributed by atoms with Gasteiger partial charge in [0.15, 0.2) is 17.3 Å². The van der Waals surface area contributed by atoms with E-state index in [0.29, 0.717) is 23.9 Å². The Balaban J connectivity index is 2.45. The second-order valence-electron chi connectivity index (χ2n) is 3.90. The van der Waals surface area contributed by atoms with Gasteiger partial charge in [-0.25, -0.2) is 9.97 Å². The Morgan fingerprint density at radius 3 is 2.75 bits per heavy atom. The molecule has 0 amide bonds. The molecule has 0 aliphatic carbocycles. The Bertz CT molecular complexity index is 665. The number of rotatable bonds is 4. The number of nitrogens with zero attached hydrogens (tertiary/aromatic N) is 3. The van der Waals surface area contributed by atoms with Crippen molar-refractivity contribution in [3.05, 3.63) is 30.0 Å². The van der Waals surface area contributed by atoms with Crippen LogP contribution in [0.2, 0.25) is 0 Å². The highest BCUT2D eigenvalue weighted by Crippen LogP contribution is 2.31. The van der Waals surface area contributed by atoms with E-state index in [-0.39, 0.29) is 11.4 Å². The molecule has 2 rings (SSSR count). The fourth-order valence-electron chi connectivity index (χ4n) is 1.70. The summed E-state index contributed by atoms with van der Waals surface area (Å²) in [5.41, 5.74) is 6.69. The smallest absolute Gasteiger partial charge is 0.161 e. The predicted octanol–water partition coefficient (Wildman–Crippen LogP) is 2.00. The fraction of sp³-hybridized carbons (Fsp3) is 0.214. The number of nitrogen functional groups attached to an aromatic ring is 1. The van der Waals surface area contributed by atoms with Gasteiger partial charge >= 0.3 is 0 Å². The van der Waals surface area contributed by atoms with Crippen LogP contribution in [0.4, 0.5) is 5.82 Å². The van der Waals surface area contributed by atoms with Gasteiger partial charge in [-0.05, 0) is 25.1 Å². The molecule has 1 aromatic carbocycles. The summed E-state index contributed by atoms with van der Waals surface area (Å²) in [7, 11) is 1.58. The molecule has 0 radical (unpaired) electrons. The Morgan fingerprint density at radius 2 is 2.15 bits per heavy atom. The fourth-order valence-corrected chi connectivity index (χ4v) is 1.70. The van der Waals surface area contributed by atoms with Crippen molar-refractivity contribution < 1.29 is 9.47 Å². The van der Waals surface area contributed by atoms with Crippen molar-refractivity contribution in [3.63, 3.8) is 0 Å². The van der Waals surface area contributed by atoms with Gasteiger partial charge in [0.1, 0.15) is 17.5 Å². The van der Waals surface area contributed by atoms with Crippen molar-refractivity contribution in [2.75, 3.05) is 19.5 Å². The van der Waals surface area contributed by atoms with Crippen LogP contribution in [0.25, 0.3) is 11.4 Å². The van der Waals surface area contributed by atoms with Gasteiger partial charge in [-0.15, -0.1) is 0 Å². The maximum atomic E-state index is 8.82. The zero-order valence-electron chi connectivity index (χ0n) is 11.3. The van der Waals surface area contributed by atoms with Crippen molar-refractivity contribution in [2.24, 2.45) is 0 Å². The van der Waals surface area contributed by atoms with Gasteiger partial charge < -0.3 is 15.2 Å². The molecule has 6 nitrogen and oxygen atoms in total. The topological polar surface area (TPSA) is 94.0 Å². The van der Waals surface area contributed by atoms with Gasteiger partial charge in [0, 0.05) is 5.56 Å². The van der Waals surface area contributed by atoms with Crippen LogP contribution in [0.3, 0.4) is 0 Å². The lowest BCUT2D eigenvalue weighted by molar-refractivity contribution is 0.311. The standard InChI is InChI=1S/C14H14N4O2/c1-3-20-12-6-9(4-5-11(12)19-2)14-17-8-10(7-15)13(16)18-14/h4-6,8H,3H2,1-2H3,(H2,16,17,18). The third-order valence-electron chi connectivity index (χ3n) is 2.66. The molecule has 2 aromatic rings. The molecule has 0 fully saturated rings. The van der Waals surface area contributed by atoms with Crippen LogP contribution in [0.15, 0.2) is 24.4 Å². The largest absolute Gasteiger partial charge is 0.493 e. The van der Waals surface area contributed by atoms with Gasteiger partial charge in [-0.1, -0.05) is 0 Å². The minimum absolute atomic E-state index is 0.159. The zero-order valence-corrected chi connectivity index (χ0v) is 11.3. The Labute approximate surface area is 116 Å². The number of aromatic nitrogens is 2. The molecule has 20 heavy (non-hydrogen) atoms. The normalized spacial score (nSPS) is 9.85. The number of hydrogen-bond acceptors (Lipinski definition) is 6. The second-order valence-corrected chi connectivity index (χ2v) is 3.90. The predicted molar refractivity (Wildman–Crippen MR) is 74.3 cm³/mol. The molecule has 0 unspecified atom stereocenters. The van der Waals surface area contributed by atoms with Crippen molar-refractivity contribution in [3.8, 4) is 29.0 Å². The van der Waals surface area contributed by atoms with Crippen LogP contribution in [0, 0.1) is 11.3 Å². The molecule has 102 valence electrons. The molecule has 1 aromatic heterocycles. The summed E-state index contributed by atoms with van der Waals surface area (Å²) >= 11 is 0. The van der Waals surface area contributed by atoms with Gasteiger partial charge in [0.05, 0.1) is 19.9 Å². The van der Waals surface area contributed by atoms with E-state index >= 15 is 0 Å². The highest BCUT2D eigenvalue weighted by molar-refractivity contribution is 5.63. The summed E-state index contributed by atoms with van der Waals surface area (Å²) in [4.78, 5) is 8.25. The van der Waals surface area contributed by atoms with E-state index in [9.17, 15) is 0 Å². The van der Waals surface area contributed by atoms with E-state index in [1.54, 1.807) is 19.2 Å². The van der Waals surface area contributed by atoms with E-state index in [1.807, 2.05) is 19.1 Å². The number of benzene rings is 1. The average molecular weight is 270 g/mol. The number of anilines is 1. The first-order chi connectivity index (χ1) is 9.69. The molecule has 0 atom stereocenters. The minimum Gasteiger partial charge on any atom is -0.493 e. The summed E-state index contributed by atoms with van der Waals surface area (Å²) < 4.78 is 10.7. The number of hydrogen-bond donors (Lipinski definition) is 1. The number of nitrogens with two attached hydrogens (primary N) is 1. The lowest BCUT2D eigenvalue weighted by Crippen LogP contribution is -2.00. The second kappa shape index (κ2) is 5.89. The highest BCUT2D eigenvalue weighted by atomic mass is 16.5. The number of ether oxygens (including phenoxy) is 2. The highest BCUT2D eigenvalue weighted by Gasteiger charge is 2.10. The molecule has 0 saturated heterocycles. The van der Waals surface area contributed by atoms with Crippen molar-refractivity contribution in [1.29, 1.82) is 5.26 Å². The average Bonchev–Trinajstić information content (AvgIpc) is 2.47. The quantitative estimate of drug-likeness (QED) is 0.913. The van der Waals surface area contributed by atoms with Crippen LogP contribution >= 0.6 is 0 Å². The first kappa shape index (κ1) is 13.6. The van der Waals surface area contributed by atoms with Crippen LogP contribution in [-0.4, -0.2) is 23.7 Å². The maximum absolute atomic E-state index is 8.82. The van der Waals surface area contributed by atoms with Crippen LogP contribution in [-0.2, 0) is 0 Å². The van der Waals surface area contributed by atoms with Gasteiger partial charge in [0.25, 0.3) is 0 Å². The summed E-state index contributed by atoms with van der Waals surface area (Å²) in [6.07, 6.45) is 1.41. The lowest BCUT2D eigenvalue weighted by atomic mass is 10.2. The third kappa shape index (κ3) is 2.62. The van der Waals surface area contributed by atoms with E-state index in [0.717, 1.165) is 5.56 Å². The molecular formula is C14H14N4O2. The molecular weight excluding hydrogens is 256 g/mol. The monoisotopic (exact) mass is 270 g/mol. The van der Waals surface area contributed by atoms with Crippen molar-refractivity contribution >= 4 is 5.82 Å². The van der Waals surface area contributed by atoms with E-state index in [1.165, 1.54) is 6.20 Å². The summed E-state index contributed by atoms with van der Waals surface area (Å²) in [6.45, 7) is 2.42. The Hall–Kier alpha value is -2.81. The van der Waals surface area contributed by atoms with E-state index in [2.05, 4.69) is 9.97 Å².